The van der Waals surface area contributed by atoms with Crippen molar-refractivity contribution in [2.45, 2.75) is 13.0 Å². The Labute approximate surface area is 117 Å². The Morgan fingerprint density at radius 1 is 1.35 bits per heavy atom. The third-order valence-corrected chi connectivity index (χ3v) is 2.72. The summed E-state index contributed by atoms with van der Waals surface area (Å²) in [7, 11) is 0. The summed E-state index contributed by atoms with van der Waals surface area (Å²) in [5, 5.41) is 2.80. The minimum Gasteiger partial charge on any atom is -0.484 e. The third kappa shape index (κ3) is 4.64. The number of nitrogens with zero attached hydrogens (tertiary/aromatic N) is 2. The highest BCUT2D eigenvalue weighted by Crippen LogP contribution is 2.12. The number of nitrogens with two attached hydrogens (primary N) is 1. The standard InChI is InChI=1S/C14H18N4O2/c15-12-2-4-13(5-3-12)20-10-14(19)17-6-1-8-18-9-7-16-11-18/h2-5,7,9,11H,1,6,8,10,15H2,(H,17,19). The van der Waals surface area contributed by atoms with Crippen molar-refractivity contribution in [3.05, 3.63) is 43.0 Å². The second-order valence-electron chi connectivity index (χ2n) is 4.36. The molecule has 6 heteroatoms. The van der Waals surface area contributed by atoms with Crippen molar-refractivity contribution in [2.75, 3.05) is 18.9 Å². The molecule has 0 aliphatic carbocycles. The Morgan fingerprint density at radius 2 is 2.15 bits per heavy atom. The molecule has 0 unspecified atom stereocenters. The van der Waals surface area contributed by atoms with E-state index in [2.05, 4.69) is 10.3 Å². The molecule has 20 heavy (non-hydrogen) atoms. The smallest absolute Gasteiger partial charge is 0.257 e. The molecule has 1 heterocycles. The van der Waals surface area contributed by atoms with Crippen molar-refractivity contribution >= 4 is 11.6 Å². The Kier molecular flexibility index (Phi) is 5.00. The normalized spacial score (nSPS) is 10.2. The van der Waals surface area contributed by atoms with E-state index in [1.165, 1.54) is 0 Å². The monoisotopic (exact) mass is 274 g/mol. The number of carbonyl (C=O) groups excluding carboxylic acids is 1. The van der Waals surface area contributed by atoms with Crippen LogP contribution in [0.3, 0.4) is 0 Å². The zero-order chi connectivity index (χ0) is 14.2. The highest BCUT2D eigenvalue weighted by atomic mass is 16.5. The summed E-state index contributed by atoms with van der Waals surface area (Å²) in [6, 6.07) is 6.94. The molecule has 0 atom stereocenters. The van der Waals surface area contributed by atoms with Gasteiger partial charge in [0.1, 0.15) is 5.75 Å². The predicted octanol–water partition coefficient (Wildman–Crippen LogP) is 1.05. The number of ether oxygens (including phenoxy) is 1. The number of nitrogen functional groups attached to an aromatic ring is 1. The Balaban J connectivity index is 1.59. The molecular formula is C14H18N4O2. The molecule has 1 aromatic carbocycles. The quantitative estimate of drug-likeness (QED) is 0.584. The van der Waals surface area contributed by atoms with E-state index >= 15 is 0 Å². The molecule has 0 spiro atoms. The number of amides is 1. The van der Waals surface area contributed by atoms with Crippen LogP contribution in [0, 0.1) is 0 Å². The maximum absolute atomic E-state index is 11.6. The van der Waals surface area contributed by atoms with Crippen LogP contribution in [0.4, 0.5) is 5.69 Å². The van der Waals surface area contributed by atoms with Crippen LogP contribution < -0.4 is 15.8 Å². The lowest BCUT2D eigenvalue weighted by atomic mass is 10.3. The summed E-state index contributed by atoms with van der Waals surface area (Å²) >= 11 is 0. The van der Waals surface area contributed by atoms with Crippen molar-refractivity contribution in [3.8, 4) is 5.75 Å². The number of imidazole rings is 1. The lowest BCUT2D eigenvalue weighted by molar-refractivity contribution is -0.123. The average molecular weight is 274 g/mol. The summed E-state index contributed by atoms with van der Waals surface area (Å²) in [4.78, 5) is 15.5. The first-order chi connectivity index (χ1) is 9.74. The molecule has 1 amide bonds. The van der Waals surface area contributed by atoms with Crippen LogP contribution in [0.1, 0.15) is 6.42 Å². The van der Waals surface area contributed by atoms with E-state index in [0.717, 1.165) is 13.0 Å². The SMILES string of the molecule is Nc1ccc(OCC(=O)NCCCn2ccnc2)cc1. The van der Waals surface area contributed by atoms with Gasteiger partial charge in [-0.3, -0.25) is 4.79 Å². The lowest BCUT2D eigenvalue weighted by Crippen LogP contribution is -2.30. The van der Waals surface area contributed by atoms with E-state index < -0.39 is 0 Å². The minimum absolute atomic E-state index is 0.00892. The van der Waals surface area contributed by atoms with Crippen LogP contribution in [0.15, 0.2) is 43.0 Å². The van der Waals surface area contributed by atoms with E-state index in [4.69, 9.17) is 10.5 Å². The van der Waals surface area contributed by atoms with Crippen LogP contribution in [-0.2, 0) is 11.3 Å². The summed E-state index contributed by atoms with van der Waals surface area (Å²) in [5.74, 6) is 0.500. The molecule has 0 saturated heterocycles. The van der Waals surface area contributed by atoms with Crippen LogP contribution in [0.5, 0.6) is 5.75 Å². The van der Waals surface area contributed by atoms with Gasteiger partial charge in [0.2, 0.25) is 0 Å². The summed E-state index contributed by atoms with van der Waals surface area (Å²) in [5.41, 5.74) is 6.23. The van der Waals surface area contributed by atoms with Crippen molar-refractivity contribution in [1.29, 1.82) is 0 Å². The fourth-order valence-corrected chi connectivity index (χ4v) is 1.67. The molecule has 0 radical (unpaired) electrons. The van der Waals surface area contributed by atoms with Crippen LogP contribution in [-0.4, -0.2) is 28.6 Å². The Hall–Kier alpha value is -2.50. The predicted molar refractivity (Wildman–Crippen MR) is 76.2 cm³/mol. The van der Waals surface area contributed by atoms with Gasteiger partial charge in [0.15, 0.2) is 6.61 Å². The van der Waals surface area contributed by atoms with Crippen molar-refractivity contribution in [1.82, 2.24) is 14.9 Å². The topological polar surface area (TPSA) is 82.2 Å². The molecule has 0 aliphatic rings. The van der Waals surface area contributed by atoms with Crippen molar-refractivity contribution < 1.29 is 9.53 Å². The van der Waals surface area contributed by atoms with Gasteiger partial charge in [-0.05, 0) is 30.7 Å². The third-order valence-electron chi connectivity index (χ3n) is 2.72. The molecule has 6 nitrogen and oxygen atoms in total. The van der Waals surface area contributed by atoms with E-state index in [1.807, 2.05) is 10.8 Å². The van der Waals surface area contributed by atoms with E-state index in [0.29, 0.717) is 18.0 Å². The van der Waals surface area contributed by atoms with Gasteiger partial charge >= 0.3 is 0 Å². The number of rotatable bonds is 7. The molecule has 1 aromatic heterocycles. The summed E-state index contributed by atoms with van der Waals surface area (Å²) in [6.45, 7) is 1.45. The number of aryl methyl sites for hydroxylation is 1. The van der Waals surface area contributed by atoms with E-state index in [-0.39, 0.29) is 12.5 Å². The molecule has 0 fully saturated rings. The highest BCUT2D eigenvalue weighted by Gasteiger charge is 2.02. The minimum atomic E-state index is -0.132. The molecule has 106 valence electrons. The summed E-state index contributed by atoms with van der Waals surface area (Å²) in [6.07, 6.45) is 6.24. The maximum atomic E-state index is 11.6. The van der Waals surface area contributed by atoms with E-state index in [9.17, 15) is 4.79 Å². The second-order valence-corrected chi connectivity index (χ2v) is 4.36. The van der Waals surface area contributed by atoms with Crippen LogP contribution >= 0.6 is 0 Å². The molecule has 0 bridgehead atoms. The van der Waals surface area contributed by atoms with Gasteiger partial charge in [0, 0.05) is 31.2 Å². The number of nitrogens with one attached hydrogen (secondary N) is 1. The highest BCUT2D eigenvalue weighted by molar-refractivity contribution is 5.77. The number of hydrogen-bond donors (Lipinski definition) is 2. The zero-order valence-corrected chi connectivity index (χ0v) is 11.2. The zero-order valence-electron chi connectivity index (χ0n) is 11.2. The molecular weight excluding hydrogens is 256 g/mol. The molecule has 0 saturated carbocycles. The molecule has 0 aliphatic heterocycles. The maximum Gasteiger partial charge on any atom is 0.257 e. The van der Waals surface area contributed by atoms with Gasteiger partial charge in [-0.15, -0.1) is 0 Å². The van der Waals surface area contributed by atoms with Gasteiger partial charge in [-0.2, -0.15) is 0 Å². The van der Waals surface area contributed by atoms with Gasteiger partial charge in [0.25, 0.3) is 5.91 Å². The largest absolute Gasteiger partial charge is 0.484 e. The van der Waals surface area contributed by atoms with Gasteiger partial charge in [-0.1, -0.05) is 0 Å². The molecule has 3 N–H and O–H groups in total. The lowest BCUT2D eigenvalue weighted by Gasteiger charge is -2.08. The Bertz CT molecular complexity index is 523. The van der Waals surface area contributed by atoms with Crippen LogP contribution in [0.2, 0.25) is 0 Å². The molecule has 2 aromatic rings. The molecule has 2 rings (SSSR count). The fraction of sp³-hybridized carbons (Fsp3) is 0.286. The van der Waals surface area contributed by atoms with Gasteiger partial charge < -0.3 is 20.4 Å². The second kappa shape index (κ2) is 7.18. The number of anilines is 1. The number of aromatic nitrogens is 2. The first kappa shape index (κ1) is 13.9. The fourth-order valence-electron chi connectivity index (χ4n) is 1.67. The van der Waals surface area contributed by atoms with E-state index in [1.54, 1.807) is 36.8 Å². The number of benzene rings is 1. The van der Waals surface area contributed by atoms with Crippen LogP contribution in [0.25, 0.3) is 0 Å². The average Bonchev–Trinajstić information content (AvgIpc) is 2.96. The number of hydrogen-bond acceptors (Lipinski definition) is 4. The van der Waals surface area contributed by atoms with Crippen molar-refractivity contribution in [2.24, 2.45) is 0 Å². The Morgan fingerprint density at radius 3 is 2.85 bits per heavy atom. The van der Waals surface area contributed by atoms with Gasteiger partial charge in [0.05, 0.1) is 6.33 Å². The first-order valence-electron chi connectivity index (χ1n) is 6.45. The first-order valence-corrected chi connectivity index (χ1v) is 6.45. The van der Waals surface area contributed by atoms with Crippen molar-refractivity contribution in [3.63, 3.8) is 0 Å². The number of carbonyl (C=O) groups is 1. The summed E-state index contributed by atoms with van der Waals surface area (Å²) < 4.78 is 7.31. The van der Waals surface area contributed by atoms with Gasteiger partial charge in [-0.25, -0.2) is 4.98 Å².